The highest BCUT2D eigenvalue weighted by molar-refractivity contribution is 9.12. The van der Waals surface area contributed by atoms with E-state index in [4.69, 9.17) is 0 Å². The lowest BCUT2D eigenvalue weighted by Gasteiger charge is -2.05. The van der Waals surface area contributed by atoms with Crippen LogP contribution in [-0.2, 0) is 11.2 Å². The van der Waals surface area contributed by atoms with E-state index in [9.17, 15) is 9.59 Å². The number of benzene rings is 1. The minimum Gasteiger partial charge on any atom is -0.359 e. The third-order valence-electron chi connectivity index (χ3n) is 2.56. The van der Waals surface area contributed by atoms with Gasteiger partial charge in [0, 0.05) is 12.6 Å². The van der Waals surface area contributed by atoms with Gasteiger partial charge in [0.25, 0.3) is 0 Å². The van der Waals surface area contributed by atoms with Crippen LogP contribution in [0.15, 0.2) is 22.7 Å². The molecule has 82 valence electrons. The molecule has 1 aliphatic carbocycles. The van der Waals surface area contributed by atoms with Crippen molar-refractivity contribution in [2.24, 2.45) is 0 Å². The summed E-state index contributed by atoms with van der Waals surface area (Å²) in [4.78, 5) is 23.0. The fourth-order valence-corrected chi connectivity index (χ4v) is 2.16. The second-order valence-corrected chi connectivity index (χ2v) is 4.40. The average molecular weight is 280 g/mol. The molecule has 0 spiro atoms. The van der Waals surface area contributed by atoms with Gasteiger partial charge in [0.1, 0.15) is 0 Å². The van der Waals surface area contributed by atoms with Crippen LogP contribution >= 0.6 is 15.9 Å². The number of fused-ring (bicyclic) bond motifs is 1. The summed E-state index contributed by atoms with van der Waals surface area (Å²) in [6, 6.07) is 5.44. The highest BCUT2D eigenvalue weighted by Crippen LogP contribution is 2.31. The molecule has 1 amide bonds. The zero-order valence-electron chi connectivity index (χ0n) is 8.71. The standard InChI is InChI=1S/C12H10BrNO2/c1-14-11(15)5-7-3-2-4-8-9(7)6-10(13)12(8)16/h2-4,6H,5H2,1H3,(H,14,15). The van der Waals surface area contributed by atoms with E-state index in [2.05, 4.69) is 21.2 Å². The number of hydrogen-bond acceptors (Lipinski definition) is 2. The molecule has 0 heterocycles. The Bertz CT molecular complexity index is 506. The summed E-state index contributed by atoms with van der Waals surface area (Å²) in [7, 11) is 1.60. The van der Waals surface area contributed by atoms with Gasteiger partial charge < -0.3 is 5.32 Å². The Labute approximate surface area is 102 Å². The van der Waals surface area contributed by atoms with Crippen LogP contribution in [0.25, 0.3) is 6.08 Å². The molecule has 1 N–H and O–H groups in total. The summed E-state index contributed by atoms with van der Waals surface area (Å²) >= 11 is 3.21. The van der Waals surface area contributed by atoms with Crippen LogP contribution in [0.5, 0.6) is 0 Å². The summed E-state index contributed by atoms with van der Waals surface area (Å²) in [6.07, 6.45) is 2.07. The van der Waals surface area contributed by atoms with Gasteiger partial charge in [-0.15, -0.1) is 0 Å². The van der Waals surface area contributed by atoms with Crippen molar-refractivity contribution in [1.82, 2.24) is 5.32 Å². The van der Waals surface area contributed by atoms with Gasteiger partial charge >= 0.3 is 0 Å². The van der Waals surface area contributed by atoms with Crippen molar-refractivity contribution in [3.63, 3.8) is 0 Å². The van der Waals surface area contributed by atoms with Crippen molar-refractivity contribution in [3.05, 3.63) is 39.4 Å². The van der Waals surface area contributed by atoms with Crippen molar-refractivity contribution < 1.29 is 9.59 Å². The number of carbonyl (C=O) groups is 2. The Morgan fingerprint density at radius 2 is 2.19 bits per heavy atom. The Morgan fingerprint density at radius 1 is 1.44 bits per heavy atom. The van der Waals surface area contributed by atoms with Crippen molar-refractivity contribution >= 4 is 33.7 Å². The van der Waals surface area contributed by atoms with Gasteiger partial charge in [-0.2, -0.15) is 0 Å². The number of halogens is 1. The number of rotatable bonds is 2. The number of carbonyl (C=O) groups excluding carboxylic acids is 2. The van der Waals surface area contributed by atoms with Crippen LogP contribution in [0, 0.1) is 0 Å². The summed E-state index contributed by atoms with van der Waals surface area (Å²) in [5.74, 6) is -0.0778. The van der Waals surface area contributed by atoms with E-state index < -0.39 is 0 Å². The number of allylic oxidation sites excluding steroid dienone is 1. The van der Waals surface area contributed by atoms with E-state index in [0.29, 0.717) is 16.5 Å². The molecular weight excluding hydrogens is 270 g/mol. The number of hydrogen-bond donors (Lipinski definition) is 1. The topological polar surface area (TPSA) is 46.2 Å². The van der Waals surface area contributed by atoms with Crippen LogP contribution < -0.4 is 5.32 Å². The number of nitrogens with one attached hydrogen (secondary N) is 1. The quantitative estimate of drug-likeness (QED) is 0.899. The maximum atomic E-state index is 11.7. The van der Waals surface area contributed by atoms with E-state index in [0.717, 1.165) is 11.1 Å². The lowest BCUT2D eigenvalue weighted by molar-refractivity contribution is -0.119. The van der Waals surface area contributed by atoms with E-state index in [-0.39, 0.29) is 11.7 Å². The van der Waals surface area contributed by atoms with Crippen LogP contribution in [0.2, 0.25) is 0 Å². The highest BCUT2D eigenvalue weighted by atomic mass is 79.9. The fourth-order valence-electron chi connectivity index (χ4n) is 1.72. The molecule has 0 aliphatic heterocycles. The van der Waals surface area contributed by atoms with Gasteiger partial charge in [-0.3, -0.25) is 9.59 Å². The first-order chi connectivity index (χ1) is 7.63. The molecule has 0 fully saturated rings. The zero-order chi connectivity index (χ0) is 11.7. The lowest BCUT2D eigenvalue weighted by Crippen LogP contribution is -2.20. The third kappa shape index (κ3) is 1.80. The lowest BCUT2D eigenvalue weighted by atomic mass is 10.0. The van der Waals surface area contributed by atoms with Gasteiger partial charge in [0.2, 0.25) is 11.7 Å². The zero-order valence-corrected chi connectivity index (χ0v) is 10.3. The molecule has 1 aromatic rings. The van der Waals surface area contributed by atoms with Crippen molar-refractivity contribution in [3.8, 4) is 0 Å². The average Bonchev–Trinajstić information content (AvgIpc) is 2.57. The molecule has 2 rings (SSSR count). The van der Waals surface area contributed by atoms with Crippen LogP contribution in [-0.4, -0.2) is 18.7 Å². The minimum atomic E-state index is -0.0581. The minimum absolute atomic E-state index is 0.0197. The first kappa shape index (κ1) is 11.1. The van der Waals surface area contributed by atoms with E-state index >= 15 is 0 Å². The Morgan fingerprint density at radius 3 is 2.88 bits per heavy atom. The van der Waals surface area contributed by atoms with Gasteiger partial charge in [-0.1, -0.05) is 18.2 Å². The van der Waals surface area contributed by atoms with Crippen molar-refractivity contribution in [2.45, 2.75) is 6.42 Å². The van der Waals surface area contributed by atoms with Gasteiger partial charge in [0.15, 0.2) is 0 Å². The van der Waals surface area contributed by atoms with Gasteiger partial charge in [-0.25, -0.2) is 0 Å². The van der Waals surface area contributed by atoms with E-state index in [1.54, 1.807) is 25.3 Å². The number of likely N-dealkylation sites (N-methyl/N-ethyl adjacent to an activating group) is 1. The second-order valence-electron chi connectivity index (χ2n) is 3.55. The first-order valence-corrected chi connectivity index (χ1v) is 5.67. The van der Waals surface area contributed by atoms with E-state index in [1.807, 2.05) is 6.07 Å². The molecule has 0 atom stereocenters. The molecule has 0 saturated heterocycles. The molecule has 4 heteroatoms. The number of amides is 1. The molecule has 0 unspecified atom stereocenters. The van der Waals surface area contributed by atoms with Crippen LogP contribution in [0.4, 0.5) is 0 Å². The predicted molar refractivity (Wildman–Crippen MR) is 65.4 cm³/mol. The highest BCUT2D eigenvalue weighted by Gasteiger charge is 2.22. The molecule has 0 aromatic heterocycles. The maximum absolute atomic E-state index is 11.7. The Hall–Kier alpha value is -1.42. The van der Waals surface area contributed by atoms with Crippen molar-refractivity contribution in [1.29, 1.82) is 0 Å². The smallest absolute Gasteiger partial charge is 0.224 e. The Kier molecular flexibility index (Phi) is 2.92. The summed E-state index contributed by atoms with van der Waals surface area (Å²) in [5.41, 5.74) is 2.39. The second kappa shape index (κ2) is 4.22. The van der Waals surface area contributed by atoms with Crippen LogP contribution in [0.3, 0.4) is 0 Å². The normalized spacial score (nSPS) is 13.4. The van der Waals surface area contributed by atoms with E-state index in [1.165, 1.54) is 0 Å². The number of ketones is 1. The number of Topliss-reactive ketones (excluding diaryl/α,β-unsaturated/α-hetero) is 1. The molecule has 3 nitrogen and oxygen atoms in total. The van der Waals surface area contributed by atoms with Gasteiger partial charge in [-0.05, 0) is 33.1 Å². The maximum Gasteiger partial charge on any atom is 0.224 e. The fraction of sp³-hybridized carbons (Fsp3) is 0.167. The third-order valence-corrected chi connectivity index (χ3v) is 3.15. The summed E-state index contributed by atoms with van der Waals surface area (Å²) in [5, 5.41) is 2.57. The molecular formula is C12H10BrNO2. The van der Waals surface area contributed by atoms with Crippen LogP contribution in [0.1, 0.15) is 21.5 Å². The molecule has 0 radical (unpaired) electrons. The molecule has 1 aromatic carbocycles. The molecule has 1 aliphatic rings. The molecule has 16 heavy (non-hydrogen) atoms. The molecule has 0 bridgehead atoms. The predicted octanol–water partition coefficient (Wildman–Crippen LogP) is 1.91. The first-order valence-electron chi connectivity index (χ1n) is 4.88. The monoisotopic (exact) mass is 279 g/mol. The Balaban J connectivity index is 2.43. The molecule has 0 saturated carbocycles. The summed E-state index contributed by atoms with van der Waals surface area (Å²) < 4.78 is 0.548. The summed E-state index contributed by atoms with van der Waals surface area (Å²) in [6.45, 7) is 0. The SMILES string of the molecule is CNC(=O)Cc1cccc2c1C=C(Br)C2=O. The largest absolute Gasteiger partial charge is 0.359 e. The van der Waals surface area contributed by atoms with Crippen molar-refractivity contribution in [2.75, 3.05) is 7.05 Å². The van der Waals surface area contributed by atoms with Gasteiger partial charge in [0.05, 0.1) is 10.9 Å².